The van der Waals surface area contributed by atoms with Crippen LogP contribution in [0, 0.1) is 11.6 Å². The Morgan fingerprint density at radius 2 is 2.02 bits per heavy atom. The first-order chi connectivity index (χ1) is 19.9. The lowest BCUT2D eigenvalue weighted by Crippen LogP contribution is -2.61. The number of phenolic OH excluding ortho intramolecular Hbond substituents is 1. The van der Waals surface area contributed by atoms with Gasteiger partial charge in [0, 0.05) is 43.0 Å². The lowest BCUT2D eigenvalue weighted by molar-refractivity contribution is 0.188. The minimum atomic E-state index is -0.646. The molecule has 4 aliphatic heterocycles. The number of piperidine rings is 2. The van der Waals surface area contributed by atoms with Gasteiger partial charge in [-0.3, -0.25) is 4.98 Å². The minimum absolute atomic E-state index is 0.00616. The molecule has 2 aromatic carbocycles. The first kappa shape index (κ1) is 26.3. The third-order valence-electron chi connectivity index (χ3n) is 9.10. The fourth-order valence-electron chi connectivity index (χ4n) is 6.85. The topological polar surface area (TPSA) is 86.6 Å². The molecule has 0 amide bonds. The molecule has 3 atom stereocenters. The summed E-state index contributed by atoms with van der Waals surface area (Å²) in [6.07, 6.45) is 6.28. The number of ether oxygens (including phenoxy) is 1. The number of hydrogen-bond donors (Lipinski definition) is 2. The van der Waals surface area contributed by atoms with Crippen LogP contribution in [0.15, 0.2) is 30.5 Å². The van der Waals surface area contributed by atoms with Crippen LogP contribution in [0.25, 0.3) is 32.9 Å². The van der Waals surface area contributed by atoms with Gasteiger partial charge in [0.05, 0.1) is 5.39 Å². The van der Waals surface area contributed by atoms with Crippen molar-refractivity contribution in [3.8, 4) is 23.0 Å². The minimum Gasteiger partial charge on any atom is -0.508 e. The van der Waals surface area contributed by atoms with Crippen molar-refractivity contribution in [3.05, 3.63) is 47.7 Å². The van der Waals surface area contributed by atoms with Crippen LogP contribution in [0.4, 0.5) is 14.6 Å². The summed E-state index contributed by atoms with van der Waals surface area (Å²) in [5.41, 5.74) is 0.887. The van der Waals surface area contributed by atoms with E-state index in [0.717, 1.165) is 45.3 Å². The Hall–Kier alpha value is -3.63. The number of rotatable bonds is 6. The van der Waals surface area contributed by atoms with Crippen LogP contribution in [0.5, 0.6) is 11.8 Å². The lowest BCUT2D eigenvalue weighted by Gasteiger charge is -2.46. The molecule has 0 aliphatic carbocycles. The molecule has 4 fully saturated rings. The van der Waals surface area contributed by atoms with Gasteiger partial charge in [0.25, 0.3) is 0 Å². The predicted molar refractivity (Wildman–Crippen MR) is 155 cm³/mol. The number of halogens is 2. The summed E-state index contributed by atoms with van der Waals surface area (Å²) in [5, 5.41) is 15.7. The average Bonchev–Trinajstić information content (AvgIpc) is 3.41. The van der Waals surface area contributed by atoms with Crippen LogP contribution >= 0.6 is 0 Å². The average molecular weight is 561 g/mol. The Labute approximate surface area is 237 Å². The number of likely N-dealkylation sites (tertiary alicyclic amines) is 1. The van der Waals surface area contributed by atoms with Gasteiger partial charge in [-0.05, 0) is 80.2 Å². The number of likely N-dealkylation sites (N-methyl/N-ethyl adjacent to an activating group) is 1. The van der Waals surface area contributed by atoms with Crippen LogP contribution < -0.4 is 15.0 Å². The molecule has 2 N–H and O–H groups in total. The van der Waals surface area contributed by atoms with Crippen molar-refractivity contribution in [2.75, 3.05) is 38.2 Å². The van der Waals surface area contributed by atoms with E-state index in [0.29, 0.717) is 52.2 Å². The monoisotopic (exact) mass is 560 g/mol. The maximum Gasteiger partial charge on any atom is 0.319 e. The summed E-state index contributed by atoms with van der Waals surface area (Å²) in [5.74, 6) is -0.445. The number of hydrogen-bond acceptors (Lipinski definition) is 8. The summed E-state index contributed by atoms with van der Waals surface area (Å²) in [6.45, 7) is 4.90. The summed E-state index contributed by atoms with van der Waals surface area (Å²) < 4.78 is 37.7. The van der Waals surface area contributed by atoms with Crippen molar-refractivity contribution in [1.82, 2.24) is 25.2 Å². The fraction of sp³-hybridized carbons (Fsp3) is 0.452. The van der Waals surface area contributed by atoms with E-state index in [9.17, 15) is 9.50 Å². The van der Waals surface area contributed by atoms with Crippen molar-refractivity contribution in [1.29, 1.82) is 0 Å². The molecule has 2 aromatic heterocycles. The number of piperazine rings is 1. The third-order valence-corrected chi connectivity index (χ3v) is 9.10. The first-order valence-electron chi connectivity index (χ1n) is 14.5. The van der Waals surface area contributed by atoms with Crippen LogP contribution in [0.1, 0.15) is 38.2 Å². The second-order valence-corrected chi connectivity index (χ2v) is 11.6. The molecule has 2 unspecified atom stereocenters. The second kappa shape index (κ2) is 10.3. The number of pyridine rings is 1. The van der Waals surface area contributed by atoms with Gasteiger partial charge in [-0.1, -0.05) is 13.0 Å². The number of nitrogens with one attached hydrogen (secondary N) is 1. The van der Waals surface area contributed by atoms with Crippen molar-refractivity contribution in [3.63, 3.8) is 0 Å². The Bertz CT molecular complexity index is 1640. The lowest BCUT2D eigenvalue weighted by atomic mass is 9.92. The molecule has 6 heterocycles. The molecule has 214 valence electrons. The number of phenols is 1. The van der Waals surface area contributed by atoms with E-state index in [2.05, 4.69) is 32.1 Å². The molecule has 2 bridgehead atoms. The maximum absolute atomic E-state index is 16.6. The number of anilines is 1. The zero-order valence-corrected chi connectivity index (χ0v) is 23.3. The van der Waals surface area contributed by atoms with Gasteiger partial charge >= 0.3 is 6.01 Å². The molecular formula is C31H34F2N6O2. The van der Waals surface area contributed by atoms with E-state index in [1.54, 1.807) is 18.3 Å². The number of fused-ring (bicyclic) bond motifs is 5. The molecule has 0 spiro atoms. The van der Waals surface area contributed by atoms with Crippen molar-refractivity contribution in [2.45, 2.75) is 57.2 Å². The zero-order chi connectivity index (χ0) is 28.2. The van der Waals surface area contributed by atoms with Gasteiger partial charge in [0.2, 0.25) is 0 Å². The van der Waals surface area contributed by atoms with E-state index >= 15 is 4.39 Å². The van der Waals surface area contributed by atoms with Gasteiger partial charge in [0.15, 0.2) is 5.82 Å². The fourth-order valence-corrected chi connectivity index (χ4v) is 6.85. The number of aryl methyl sites for hydroxylation is 1. The quantitative estimate of drug-likeness (QED) is 0.348. The van der Waals surface area contributed by atoms with Crippen LogP contribution in [-0.2, 0) is 6.42 Å². The molecule has 0 saturated carbocycles. The van der Waals surface area contributed by atoms with E-state index in [-0.39, 0.29) is 40.9 Å². The van der Waals surface area contributed by atoms with Gasteiger partial charge in [-0.2, -0.15) is 9.97 Å². The first-order valence-corrected chi connectivity index (χ1v) is 14.5. The predicted octanol–water partition coefficient (Wildman–Crippen LogP) is 4.80. The molecule has 4 saturated heterocycles. The Morgan fingerprint density at radius 1 is 1.15 bits per heavy atom. The summed E-state index contributed by atoms with van der Waals surface area (Å²) in [4.78, 5) is 18.5. The van der Waals surface area contributed by atoms with Gasteiger partial charge in [-0.25, -0.2) is 8.78 Å². The highest BCUT2D eigenvalue weighted by Gasteiger charge is 2.36. The summed E-state index contributed by atoms with van der Waals surface area (Å²) in [7, 11) is 2.08. The Morgan fingerprint density at radius 3 is 2.73 bits per heavy atom. The SMILES string of the molecule is CCc1c(F)ccc2cc(O)cc(-c3ncc4c(N5CC6CCC5CN6)nc(OC[C@@H]5CCCN5C)nc4c3F)c12. The highest BCUT2D eigenvalue weighted by molar-refractivity contribution is 6.01. The van der Waals surface area contributed by atoms with E-state index in [1.807, 2.05) is 6.92 Å². The van der Waals surface area contributed by atoms with Crippen LogP contribution in [0.2, 0.25) is 0 Å². The molecule has 8 rings (SSSR count). The van der Waals surface area contributed by atoms with E-state index in [1.165, 1.54) is 12.1 Å². The smallest absolute Gasteiger partial charge is 0.319 e. The highest BCUT2D eigenvalue weighted by Crippen LogP contribution is 2.40. The van der Waals surface area contributed by atoms with E-state index in [4.69, 9.17) is 9.72 Å². The number of benzene rings is 2. The van der Waals surface area contributed by atoms with Gasteiger partial charge in [0.1, 0.15) is 35.2 Å². The summed E-state index contributed by atoms with van der Waals surface area (Å²) >= 11 is 0. The summed E-state index contributed by atoms with van der Waals surface area (Å²) in [6, 6.07) is 6.95. The molecule has 4 aliphatic rings. The Balaban J connectivity index is 1.40. The standard InChI is InChI=1S/C31H34F2N6O2/c1-3-22-25(32)9-6-17-11-21(40)12-23(26(17)22)28-27(33)29-24(14-35-28)30(39-15-18-7-8-19(39)13-34-18)37-31(36-29)41-16-20-5-4-10-38(20)2/h6,9,11-12,14,18-20,34,40H,3-5,7-8,10,13,15-16H2,1-2H3/t18?,19?,20-/m0/s1. The molecule has 41 heavy (non-hydrogen) atoms. The third kappa shape index (κ3) is 4.53. The molecule has 8 nitrogen and oxygen atoms in total. The normalized spacial score (nSPS) is 22.7. The van der Waals surface area contributed by atoms with Crippen molar-refractivity contribution in [2.24, 2.45) is 0 Å². The second-order valence-electron chi connectivity index (χ2n) is 11.6. The zero-order valence-electron chi connectivity index (χ0n) is 23.3. The van der Waals surface area contributed by atoms with Crippen molar-refractivity contribution >= 4 is 27.5 Å². The molecule has 0 radical (unpaired) electrons. The molecule has 10 heteroatoms. The van der Waals surface area contributed by atoms with Crippen LogP contribution in [0.3, 0.4) is 0 Å². The van der Waals surface area contributed by atoms with Crippen LogP contribution in [-0.4, -0.2) is 76.4 Å². The molecular weight excluding hydrogens is 526 g/mol. The van der Waals surface area contributed by atoms with Crippen molar-refractivity contribution < 1.29 is 18.6 Å². The Kier molecular flexibility index (Phi) is 6.62. The maximum atomic E-state index is 16.6. The molecule has 4 aromatic rings. The van der Waals surface area contributed by atoms with E-state index < -0.39 is 5.82 Å². The number of aromatic nitrogens is 3. The van der Waals surface area contributed by atoms with Gasteiger partial charge < -0.3 is 25.0 Å². The highest BCUT2D eigenvalue weighted by atomic mass is 19.1. The number of aromatic hydroxyl groups is 1. The largest absolute Gasteiger partial charge is 0.508 e. The number of nitrogens with zero attached hydrogens (tertiary/aromatic N) is 5. The van der Waals surface area contributed by atoms with Gasteiger partial charge in [-0.15, -0.1) is 0 Å².